The predicted molar refractivity (Wildman–Crippen MR) is 87.0 cm³/mol. The number of hydrogen-bond acceptors (Lipinski definition) is 4. The van der Waals surface area contributed by atoms with E-state index >= 15 is 0 Å². The molecule has 6 nitrogen and oxygen atoms in total. The molecule has 1 aliphatic carbocycles. The van der Waals surface area contributed by atoms with Gasteiger partial charge in [-0.1, -0.05) is 13.8 Å². The standard InChI is InChI=1S/C17H30N2O4/c1-5-23-14-12-13(17(14,2)3)18(4)15(20)6-7-16(21)19-8-10-22-11-9-19/h13-14H,5-12H2,1-4H3/t13-,14-/m1/s1. The summed E-state index contributed by atoms with van der Waals surface area (Å²) in [5, 5.41) is 0. The molecule has 0 aromatic rings. The normalized spacial score (nSPS) is 26.5. The average molecular weight is 326 g/mol. The minimum absolute atomic E-state index is 0.0331. The van der Waals surface area contributed by atoms with Gasteiger partial charge in [-0.2, -0.15) is 0 Å². The molecule has 23 heavy (non-hydrogen) atoms. The highest BCUT2D eigenvalue weighted by Crippen LogP contribution is 2.45. The van der Waals surface area contributed by atoms with E-state index in [2.05, 4.69) is 13.8 Å². The molecule has 0 unspecified atom stereocenters. The Balaban J connectivity index is 1.78. The molecule has 1 saturated carbocycles. The summed E-state index contributed by atoms with van der Waals surface area (Å²) in [6.45, 7) is 9.43. The van der Waals surface area contributed by atoms with Gasteiger partial charge in [0, 0.05) is 51.0 Å². The summed E-state index contributed by atoms with van der Waals surface area (Å²) in [7, 11) is 1.84. The zero-order valence-corrected chi connectivity index (χ0v) is 14.8. The van der Waals surface area contributed by atoms with Crippen molar-refractivity contribution in [2.45, 2.75) is 52.2 Å². The first-order chi connectivity index (χ1) is 10.9. The molecule has 2 amide bonds. The lowest BCUT2D eigenvalue weighted by molar-refractivity contribution is -0.164. The van der Waals surface area contributed by atoms with Crippen molar-refractivity contribution in [3.8, 4) is 0 Å². The van der Waals surface area contributed by atoms with Gasteiger partial charge in [0.25, 0.3) is 0 Å². The minimum atomic E-state index is -0.0331. The Morgan fingerprint density at radius 1 is 1.26 bits per heavy atom. The highest BCUT2D eigenvalue weighted by atomic mass is 16.5. The monoisotopic (exact) mass is 326 g/mol. The van der Waals surface area contributed by atoms with Crippen LogP contribution < -0.4 is 0 Å². The first-order valence-electron chi connectivity index (χ1n) is 8.60. The second-order valence-electron chi connectivity index (χ2n) is 7.01. The van der Waals surface area contributed by atoms with Crippen LogP contribution in [0.1, 0.15) is 40.0 Å². The lowest BCUT2D eigenvalue weighted by Gasteiger charge is -2.54. The molecule has 2 atom stereocenters. The molecule has 0 aromatic carbocycles. The van der Waals surface area contributed by atoms with Crippen molar-refractivity contribution in [2.24, 2.45) is 5.41 Å². The maximum atomic E-state index is 12.4. The summed E-state index contributed by atoms with van der Waals surface area (Å²) >= 11 is 0. The number of morpholine rings is 1. The lowest BCUT2D eigenvalue weighted by Crippen LogP contribution is -2.62. The lowest BCUT2D eigenvalue weighted by atomic mass is 9.63. The molecule has 0 spiro atoms. The van der Waals surface area contributed by atoms with E-state index in [-0.39, 0.29) is 42.2 Å². The van der Waals surface area contributed by atoms with Crippen molar-refractivity contribution in [1.82, 2.24) is 9.80 Å². The van der Waals surface area contributed by atoms with Crippen LogP contribution in [-0.4, -0.2) is 73.7 Å². The van der Waals surface area contributed by atoms with E-state index in [0.717, 1.165) is 6.42 Å². The van der Waals surface area contributed by atoms with E-state index in [1.165, 1.54) is 0 Å². The van der Waals surface area contributed by atoms with Gasteiger partial charge in [0.15, 0.2) is 0 Å². The molecule has 0 aromatic heterocycles. The summed E-state index contributed by atoms with van der Waals surface area (Å²) in [4.78, 5) is 28.1. The fourth-order valence-corrected chi connectivity index (χ4v) is 3.54. The number of amides is 2. The predicted octanol–water partition coefficient (Wildman–Crippen LogP) is 1.29. The molecule has 2 aliphatic rings. The Kier molecular flexibility index (Phi) is 6.03. The first kappa shape index (κ1) is 18.2. The van der Waals surface area contributed by atoms with Gasteiger partial charge < -0.3 is 19.3 Å². The van der Waals surface area contributed by atoms with Crippen LogP contribution in [0.2, 0.25) is 0 Å². The van der Waals surface area contributed by atoms with Crippen molar-refractivity contribution >= 4 is 11.8 Å². The molecular formula is C17H30N2O4. The van der Waals surface area contributed by atoms with Crippen molar-refractivity contribution in [3.63, 3.8) is 0 Å². The van der Waals surface area contributed by atoms with E-state index in [4.69, 9.17) is 9.47 Å². The van der Waals surface area contributed by atoms with Crippen LogP contribution >= 0.6 is 0 Å². The van der Waals surface area contributed by atoms with Gasteiger partial charge in [0.2, 0.25) is 11.8 Å². The Labute approximate surface area is 139 Å². The van der Waals surface area contributed by atoms with Gasteiger partial charge in [0.1, 0.15) is 0 Å². The maximum absolute atomic E-state index is 12.4. The number of nitrogens with zero attached hydrogens (tertiary/aromatic N) is 2. The maximum Gasteiger partial charge on any atom is 0.223 e. The summed E-state index contributed by atoms with van der Waals surface area (Å²) in [6.07, 6.45) is 1.65. The average Bonchev–Trinajstić information content (AvgIpc) is 2.56. The van der Waals surface area contributed by atoms with Crippen molar-refractivity contribution in [1.29, 1.82) is 0 Å². The van der Waals surface area contributed by atoms with Gasteiger partial charge in [-0.15, -0.1) is 0 Å². The van der Waals surface area contributed by atoms with Gasteiger partial charge in [-0.25, -0.2) is 0 Å². The molecule has 1 saturated heterocycles. The number of carbonyl (C=O) groups excluding carboxylic acids is 2. The SMILES string of the molecule is CCO[C@@H]1C[C@@H](N(C)C(=O)CCC(=O)N2CCOCC2)C1(C)C. The summed E-state index contributed by atoms with van der Waals surface area (Å²) < 4.78 is 11.0. The molecule has 132 valence electrons. The number of carbonyl (C=O) groups is 2. The fraction of sp³-hybridized carbons (Fsp3) is 0.882. The van der Waals surface area contributed by atoms with E-state index in [9.17, 15) is 9.59 Å². The van der Waals surface area contributed by atoms with Crippen molar-refractivity contribution < 1.29 is 19.1 Å². The van der Waals surface area contributed by atoms with E-state index < -0.39 is 0 Å². The van der Waals surface area contributed by atoms with E-state index in [1.807, 2.05) is 18.9 Å². The van der Waals surface area contributed by atoms with Crippen molar-refractivity contribution in [2.75, 3.05) is 40.0 Å². The Hall–Kier alpha value is -1.14. The molecular weight excluding hydrogens is 296 g/mol. The smallest absolute Gasteiger partial charge is 0.223 e. The number of rotatable bonds is 6. The highest BCUT2D eigenvalue weighted by molar-refractivity contribution is 5.84. The first-order valence-corrected chi connectivity index (χ1v) is 8.60. The zero-order chi connectivity index (χ0) is 17.0. The zero-order valence-electron chi connectivity index (χ0n) is 14.8. The van der Waals surface area contributed by atoms with Crippen molar-refractivity contribution in [3.05, 3.63) is 0 Å². The van der Waals surface area contributed by atoms with Gasteiger partial charge in [-0.3, -0.25) is 9.59 Å². The topological polar surface area (TPSA) is 59.1 Å². The molecule has 1 aliphatic heterocycles. The largest absolute Gasteiger partial charge is 0.378 e. The van der Waals surface area contributed by atoms with Crippen LogP contribution in [0.25, 0.3) is 0 Å². The molecule has 0 radical (unpaired) electrons. The summed E-state index contributed by atoms with van der Waals surface area (Å²) in [6, 6.07) is 0.185. The van der Waals surface area contributed by atoms with Crippen LogP contribution in [-0.2, 0) is 19.1 Å². The van der Waals surface area contributed by atoms with Crippen LogP contribution in [0.3, 0.4) is 0 Å². The molecule has 0 N–H and O–H groups in total. The minimum Gasteiger partial charge on any atom is -0.378 e. The third-order valence-corrected chi connectivity index (χ3v) is 5.27. The number of hydrogen-bond donors (Lipinski definition) is 0. The third kappa shape index (κ3) is 4.04. The quantitative estimate of drug-likeness (QED) is 0.738. The molecule has 2 fully saturated rings. The Morgan fingerprint density at radius 2 is 1.91 bits per heavy atom. The molecule has 6 heteroatoms. The molecule has 1 heterocycles. The summed E-state index contributed by atoms with van der Waals surface area (Å²) in [5.41, 5.74) is -0.0331. The van der Waals surface area contributed by atoms with Crippen LogP contribution in [0.5, 0.6) is 0 Å². The molecule has 0 bridgehead atoms. The fourth-order valence-electron chi connectivity index (χ4n) is 3.54. The number of ether oxygens (including phenoxy) is 2. The van der Waals surface area contributed by atoms with Gasteiger partial charge in [-0.05, 0) is 13.3 Å². The highest BCUT2D eigenvalue weighted by Gasteiger charge is 2.51. The van der Waals surface area contributed by atoms with Gasteiger partial charge in [0.05, 0.1) is 19.3 Å². The second kappa shape index (κ2) is 7.62. The van der Waals surface area contributed by atoms with Crippen LogP contribution in [0, 0.1) is 5.41 Å². The van der Waals surface area contributed by atoms with Crippen LogP contribution in [0.4, 0.5) is 0 Å². The Morgan fingerprint density at radius 3 is 2.48 bits per heavy atom. The van der Waals surface area contributed by atoms with Gasteiger partial charge >= 0.3 is 0 Å². The molecule has 2 rings (SSSR count). The van der Waals surface area contributed by atoms with E-state index in [1.54, 1.807) is 4.90 Å². The summed E-state index contributed by atoms with van der Waals surface area (Å²) in [5.74, 6) is 0.0924. The third-order valence-electron chi connectivity index (χ3n) is 5.27. The van der Waals surface area contributed by atoms with Crippen LogP contribution in [0.15, 0.2) is 0 Å². The Bertz CT molecular complexity index is 432. The van der Waals surface area contributed by atoms with E-state index in [0.29, 0.717) is 32.9 Å². The second-order valence-corrected chi connectivity index (χ2v) is 7.01.